The molecule has 0 aliphatic carbocycles. The number of anilines is 1. The Kier molecular flexibility index (Phi) is 5.94. The Morgan fingerprint density at radius 3 is 2.59 bits per heavy atom. The number of amides is 1. The number of halogens is 6. The van der Waals surface area contributed by atoms with Crippen molar-refractivity contribution in [3.63, 3.8) is 0 Å². The predicted molar refractivity (Wildman–Crippen MR) is 107 cm³/mol. The molecule has 29 heavy (non-hydrogen) atoms. The van der Waals surface area contributed by atoms with Gasteiger partial charge in [0.15, 0.2) is 0 Å². The summed E-state index contributed by atoms with van der Waals surface area (Å²) in [7, 11) is 3.29. The summed E-state index contributed by atoms with van der Waals surface area (Å²) in [6, 6.07) is 2.77. The molecule has 1 amide bonds. The molecule has 1 saturated heterocycles. The van der Waals surface area contributed by atoms with Gasteiger partial charge in [0.25, 0.3) is 0 Å². The summed E-state index contributed by atoms with van der Waals surface area (Å²) in [5.74, 6) is -3.79. The minimum Gasteiger partial charge on any atom is -0.368 e. The molecule has 2 atom stereocenters. The van der Waals surface area contributed by atoms with Gasteiger partial charge in [-0.25, -0.2) is 4.39 Å². The van der Waals surface area contributed by atoms with Crippen LogP contribution in [0.5, 0.6) is 0 Å². The molecule has 12 heteroatoms. The van der Waals surface area contributed by atoms with Crippen LogP contribution >= 0.6 is 39.7 Å². The lowest BCUT2D eigenvalue weighted by Gasteiger charge is -2.19. The van der Waals surface area contributed by atoms with Crippen LogP contribution in [0.1, 0.15) is 17.2 Å². The molecule has 156 valence electrons. The van der Waals surface area contributed by atoms with E-state index in [4.69, 9.17) is 23.8 Å². The Morgan fingerprint density at radius 2 is 2.03 bits per heavy atom. The number of aryl methyl sites for hydroxylation is 1. The van der Waals surface area contributed by atoms with Gasteiger partial charge in [0, 0.05) is 26.6 Å². The maximum atomic E-state index is 13.8. The van der Waals surface area contributed by atoms with Crippen LogP contribution in [-0.2, 0) is 18.0 Å². The standard InChI is InChI=1S/C17H14BrClF4N4OS/c1-26-6-7(13-12(18)14(19)27(2)25-13)10(16(26)29)15(28)24-9-5-3-4-8(20)11(9)17(21,22)23/h3-5,7,10H,6H2,1-2H3,(H,24,28)/t7-,10-/m0/s1. The van der Waals surface area contributed by atoms with Crippen molar-refractivity contribution in [2.24, 2.45) is 13.0 Å². The lowest BCUT2D eigenvalue weighted by Crippen LogP contribution is -2.32. The fourth-order valence-electron chi connectivity index (χ4n) is 3.30. The van der Waals surface area contributed by atoms with Crippen LogP contribution in [0.4, 0.5) is 23.2 Å². The maximum absolute atomic E-state index is 13.8. The molecule has 1 N–H and O–H groups in total. The maximum Gasteiger partial charge on any atom is 0.421 e. The molecule has 5 nitrogen and oxygen atoms in total. The van der Waals surface area contributed by atoms with Gasteiger partial charge in [0.1, 0.15) is 16.5 Å². The van der Waals surface area contributed by atoms with Crippen LogP contribution in [0.2, 0.25) is 5.15 Å². The number of benzene rings is 1. The number of alkyl halides is 3. The molecule has 0 unspecified atom stereocenters. The third kappa shape index (κ3) is 3.99. The van der Waals surface area contributed by atoms with E-state index in [0.29, 0.717) is 27.9 Å². The molecule has 2 heterocycles. The zero-order valence-electron chi connectivity index (χ0n) is 15.0. The van der Waals surface area contributed by atoms with E-state index in [9.17, 15) is 22.4 Å². The highest BCUT2D eigenvalue weighted by atomic mass is 79.9. The zero-order valence-corrected chi connectivity index (χ0v) is 18.2. The molecule has 2 aromatic rings. The second-order valence-electron chi connectivity index (χ2n) is 6.57. The van der Waals surface area contributed by atoms with Gasteiger partial charge in [-0.3, -0.25) is 9.48 Å². The minimum atomic E-state index is -4.97. The fraction of sp³-hybridized carbons (Fsp3) is 0.353. The van der Waals surface area contributed by atoms with Gasteiger partial charge >= 0.3 is 6.18 Å². The predicted octanol–water partition coefficient (Wildman–Crippen LogP) is 4.61. The second kappa shape index (κ2) is 7.84. The largest absolute Gasteiger partial charge is 0.421 e. The number of likely N-dealkylation sites (tertiary alicyclic amines) is 1. The quantitative estimate of drug-likeness (QED) is 0.481. The van der Waals surface area contributed by atoms with Crippen molar-refractivity contribution in [3.05, 3.63) is 44.9 Å². The lowest BCUT2D eigenvalue weighted by atomic mass is 9.92. The van der Waals surface area contributed by atoms with Crippen LogP contribution in [0.3, 0.4) is 0 Å². The smallest absolute Gasteiger partial charge is 0.368 e. The summed E-state index contributed by atoms with van der Waals surface area (Å²) in [5.41, 5.74) is -1.75. The number of hydrogen-bond acceptors (Lipinski definition) is 3. The first-order valence-corrected chi connectivity index (χ1v) is 9.80. The number of rotatable bonds is 3. The monoisotopic (exact) mass is 512 g/mol. The van der Waals surface area contributed by atoms with Crippen LogP contribution in [0.15, 0.2) is 22.7 Å². The molecule has 1 aliphatic heterocycles. The lowest BCUT2D eigenvalue weighted by molar-refractivity contribution is -0.139. The first-order chi connectivity index (χ1) is 13.4. The number of hydrogen-bond donors (Lipinski definition) is 1. The van der Waals surface area contributed by atoms with E-state index in [1.807, 2.05) is 0 Å². The van der Waals surface area contributed by atoms with E-state index in [0.717, 1.165) is 12.1 Å². The number of thiocarbonyl (C=S) groups is 1. The Hall–Kier alpha value is -1.72. The van der Waals surface area contributed by atoms with E-state index in [1.54, 1.807) is 19.0 Å². The van der Waals surface area contributed by atoms with E-state index in [-0.39, 0.29) is 4.99 Å². The van der Waals surface area contributed by atoms with Crippen molar-refractivity contribution in [2.75, 3.05) is 18.9 Å². The van der Waals surface area contributed by atoms with E-state index >= 15 is 0 Å². The van der Waals surface area contributed by atoms with Gasteiger partial charge in [-0.1, -0.05) is 29.9 Å². The zero-order chi connectivity index (χ0) is 21.7. The molecule has 0 radical (unpaired) electrons. The average molecular weight is 514 g/mol. The van der Waals surface area contributed by atoms with Gasteiger partial charge in [0.2, 0.25) is 5.91 Å². The van der Waals surface area contributed by atoms with Crippen LogP contribution < -0.4 is 5.32 Å². The number of nitrogens with zero attached hydrogens (tertiary/aromatic N) is 3. The number of carbonyl (C=O) groups is 1. The Bertz CT molecular complexity index is 997. The molecule has 0 saturated carbocycles. The highest BCUT2D eigenvalue weighted by Gasteiger charge is 2.45. The number of nitrogens with one attached hydrogen (secondary N) is 1. The average Bonchev–Trinajstić information content (AvgIpc) is 3.04. The summed E-state index contributed by atoms with van der Waals surface area (Å²) in [4.78, 5) is 14.8. The van der Waals surface area contributed by atoms with Gasteiger partial charge in [0.05, 0.1) is 26.8 Å². The molecular formula is C17H14BrClF4N4OS. The Labute approximate surface area is 182 Å². The molecule has 0 spiro atoms. The summed E-state index contributed by atoms with van der Waals surface area (Å²) in [5, 5.41) is 6.81. The van der Waals surface area contributed by atoms with Gasteiger partial charge < -0.3 is 10.2 Å². The highest BCUT2D eigenvalue weighted by Crippen LogP contribution is 2.41. The summed E-state index contributed by atoms with van der Waals surface area (Å²) < 4.78 is 55.5. The molecule has 1 fully saturated rings. The summed E-state index contributed by atoms with van der Waals surface area (Å²) in [6.07, 6.45) is -4.97. The summed E-state index contributed by atoms with van der Waals surface area (Å²) >= 11 is 14.8. The van der Waals surface area contributed by atoms with Crippen LogP contribution in [-0.4, -0.2) is 39.2 Å². The molecular weight excluding hydrogens is 500 g/mol. The van der Waals surface area contributed by atoms with E-state index in [1.165, 1.54) is 4.68 Å². The molecule has 1 aromatic heterocycles. The minimum absolute atomic E-state index is 0.242. The van der Waals surface area contributed by atoms with E-state index in [2.05, 4.69) is 26.3 Å². The molecule has 3 rings (SSSR count). The van der Waals surface area contributed by atoms with Gasteiger partial charge in [-0.15, -0.1) is 0 Å². The van der Waals surface area contributed by atoms with E-state index < -0.39 is 41.0 Å². The normalized spacial score (nSPS) is 19.7. The van der Waals surface area contributed by atoms with Crippen molar-refractivity contribution >= 4 is 56.3 Å². The highest BCUT2D eigenvalue weighted by molar-refractivity contribution is 9.10. The fourth-order valence-corrected chi connectivity index (χ4v) is 4.41. The summed E-state index contributed by atoms with van der Waals surface area (Å²) in [6.45, 7) is 0.318. The first kappa shape index (κ1) is 22.0. The number of likely N-dealkylation sites (N-methyl/N-ethyl adjacent to an activating group) is 1. The molecule has 1 aliphatic rings. The van der Waals surface area contributed by atoms with Crippen molar-refractivity contribution < 1.29 is 22.4 Å². The topological polar surface area (TPSA) is 50.2 Å². The van der Waals surface area contributed by atoms with Crippen LogP contribution in [0.25, 0.3) is 0 Å². The Balaban J connectivity index is 1.98. The van der Waals surface area contributed by atoms with Crippen molar-refractivity contribution in [2.45, 2.75) is 12.1 Å². The van der Waals surface area contributed by atoms with Crippen molar-refractivity contribution in [3.8, 4) is 0 Å². The number of aromatic nitrogens is 2. The van der Waals surface area contributed by atoms with Crippen molar-refractivity contribution in [1.29, 1.82) is 0 Å². The van der Waals surface area contributed by atoms with Crippen LogP contribution in [0, 0.1) is 11.7 Å². The third-order valence-electron chi connectivity index (χ3n) is 4.65. The Morgan fingerprint density at radius 1 is 1.38 bits per heavy atom. The molecule has 0 bridgehead atoms. The van der Waals surface area contributed by atoms with Gasteiger partial charge in [-0.05, 0) is 28.1 Å². The SMILES string of the molecule is CN1C[C@H](c2nn(C)c(Cl)c2Br)[C@@H](C(=O)Nc2cccc(F)c2C(F)(F)F)C1=S. The van der Waals surface area contributed by atoms with Crippen molar-refractivity contribution in [1.82, 2.24) is 14.7 Å². The number of carbonyl (C=O) groups excluding carboxylic acids is 1. The third-order valence-corrected chi connectivity index (χ3v) is 6.66. The van der Waals surface area contributed by atoms with Gasteiger partial charge in [-0.2, -0.15) is 18.3 Å². The second-order valence-corrected chi connectivity index (χ2v) is 8.14. The first-order valence-electron chi connectivity index (χ1n) is 8.23. The molecule has 1 aromatic carbocycles.